The monoisotopic (exact) mass is 183 g/mol. The number of nitrogens with two attached hydrogens (primary N) is 1. The van der Waals surface area contributed by atoms with Gasteiger partial charge in [-0.3, -0.25) is 0 Å². The van der Waals surface area contributed by atoms with E-state index in [9.17, 15) is 4.79 Å². The number of methoxy groups -OCH3 is 2. The van der Waals surface area contributed by atoms with Crippen molar-refractivity contribution < 1.29 is 14.3 Å². The van der Waals surface area contributed by atoms with Gasteiger partial charge in [-0.2, -0.15) is 0 Å². The van der Waals surface area contributed by atoms with Crippen LogP contribution in [0.1, 0.15) is 10.5 Å². The summed E-state index contributed by atoms with van der Waals surface area (Å²) in [5, 5.41) is 0. The zero-order chi connectivity index (χ0) is 9.84. The molecule has 1 rings (SSSR count). The maximum Gasteiger partial charge on any atom is 0.362 e. The van der Waals surface area contributed by atoms with Crippen LogP contribution in [0, 0.1) is 0 Å². The average Bonchev–Trinajstić information content (AvgIpc) is 2.16. The molecule has 0 atom stereocenters. The summed E-state index contributed by atoms with van der Waals surface area (Å²) in [6.45, 7) is 0. The molecule has 0 saturated heterocycles. The van der Waals surface area contributed by atoms with Crippen LogP contribution in [0.25, 0.3) is 0 Å². The van der Waals surface area contributed by atoms with Crippen LogP contribution < -0.4 is 10.5 Å². The Labute approximate surface area is 74.7 Å². The molecule has 13 heavy (non-hydrogen) atoms. The molecule has 0 bridgehead atoms. The smallest absolute Gasteiger partial charge is 0.362 e. The SMILES string of the molecule is COC(=O)c1nc(N)cnc1OC. The summed E-state index contributed by atoms with van der Waals surface area (Å²) in [5.74, 6) is -0.390. The average molecular weight is 183 g/mol. The lowest BCUT2D eigenvalue weighted by Gasteiger charge is -2.04. The van der Waals surface area contributed by atoms with Crippen molar-refractivity contribution in [3.63, 3.8) is 0 Å². The fourth-order valence-corrected chi connectivity index (χ4v) is 0.771. The molecule has 2 N–H and O–H groups in total. The summed E-state index contributed by atoms with van der Waals surface area (Å²) in [7, 11) is 2.62. The van der Waals surface area contributed by atoms with E-state index in [0.717, 1.165) is 0 Å². The second-order valence-electron chi connectivity index (χ2n) is 2.14. The molecular formula is C7H9N3O3. The molecule has 0 aliphatic carbocycles. The Morgan fingerprint density at radius 2 is 2.23 bits per heavy atom. The van der Waals surface area contributed by atoms with Crippen molar-refractivity contribution in [1.29, 1.82) is 0 Å². The molecule has 1 heterocycles. The topological polar surface area (TPSA) is 87.3 Å². The molecule has 1 aromatic heterocycles. The Morgan fingerprint density at radius 3 is 2.77 bits per heavy atom. The first-order chi connectivity index (χ1) is 6.19. The van der Waals surface area contributed by atoms with Crippen molar-refractivity contribution in [2.24, 2.45) is 0 Å². The highest BCUT2D eigenvalue weighted by molar-refractivity contribution is 5.89. The van der Waals surface area contributed by atoms with E-state index in [-0.39, 0.29) is 17.4 Å². The number of hydrogen-bond acceptors (Lipinski definition) is 6. The van der Waals surface area contributed by atoms with Gasteiger partial charge in [0, 0.05) is 0 Å². The fourth-order valence-electron chi connectivity index (χ4n) is 0.771. The van der Waals surface area contributed by atoms with Crippen LogP contribution in [0.15, 0.2) is 6.20 Å². The molecule has 1 aromatic rings. The van der Waals surface area contributed by atoms with Gasteiger partial charge in [-0.25, -0.2) is 14.8 Å². The number of ether oxygens (including phenoxy) is 2. The van der Waals surface area contributed by atoms with Gasteiger partial charge < -0.3 is 15.2 Å². The molecule has 70 valence electrons. The Balaban J connectivity index is 3.15. The van der Waals surface area contributed by atoms with Crippen LogP contribution in [-0.2, 0) is 4.74 Å². The molecule has 0 fully saturated rings. The van der Waals surface area contributed by atoms with E-state index in [0.29, 0.717) is 0 Å². The van der Waals surface area contributed by atoms with Gasteiger partial charge in [-0.15, -0.1) is 0 Å². The molecule has 0 radical (unpaired) electrons. The van der Waals surface area contributed by atoms with Crippen LogP contribution in [0.3, 0.4) is 0 Å². The maximum absolute atomic E-state index is 11.1. The van der Waals surface area contributed by atoms with Gasteiger partial charge in [0.05, 0.1) is 20.4 Å². The summed E-state index contributed by atoms with van der Waals surface area (Å²) in [4.78, 5) is 18.6. The Kier molecular flexibility index (Phi) is 2.63. The minimum atomic E-state index is -0.628. The van der Waals surface area contributed by atoms with Gasteiger partial charge in [-0.1, -0.05) is 0 Å². The second-order valence-corrected chi connectivity index (χ2v) is 2.14. The highest BCUT2D eigenvalue weighted by Crippen LogP contribution is 2.13. The lowest BCUT2D eigenvalue weighted by atomic mass is 10.4. The van der Waals surface area contributed by atoms with E-state index in [1.807, 2.05) is 0 Å². The molecule has 0 amide bonds. The first kappa shape index (κ1) is 9.24. The van der Waals surface area contributed by atoms with Gasteiger partial charge in [0.1, 0.15) is 5.82 Å². The quantitative estimate of drug-likeness (QED) is 0.642. The van der Waals surface area contributed by atoms with Gasteiger partial charge in [0.25, 0.3) is 0 Å². The largest absolute Gasteiger partial charge is 0.479 e. The molecule has 0 aliphatic rings. The van der Waals surface area contributed by atoms with Crippen LogP contribution >= 0.6 is 0 Å². The molecule has 0 aliphatic heterocycles. The normalized spacial score (nSPS) is 9.38. The lowest BCUT2D eigenvalue weighted by molar-refractivity contribution is 0.0589. The number of nitrogens with zero attached hydrogens (tertiary/aromatic N) is 2. The van der Waals surface area contributed by atoms with E-state index < -0.39 is 5.97 Å². The van der Waals surface area contributed by atoms with Gasteiger partial charge in [-0.05, 0) is 0 Å². The number of rotatable bonds is 2. The Bertz CT molecular complexity index is 327. The standard InChI is InChI=1S/C7H9N3O3/c1-12-6-5(7(11)13-2)10-4(8)3-9-6/h3H,1-2H3,(H2,8,10). The Morgan fingerprint density at radius 1 is 1.54 bits per heavy atom. The summed E-state index contributed by atoms with van der Waals surface area (Å²) < 4.78 is 9.25. The molecule has 6 nitrogen and oxygen atoms in total. The predicted molar refractivity (Wildman–Crippen MR) is 44.3 cm³/mol. The molecule has 0 saturated carbocycles. The van der Waals surface area contributed by atoms with Crippen molar-refractivity contribution >= 4 is 11.8 Å². The van der Waals surface area contributed by atoms with Crippen LogP contribution in [-0.4, -0.2) is 30.2 Å². The van der Waals surface area contributed by atoms with Crippen molar-refractivity contribution in [2.75, 3.05) is 20.0 Å². The zero-order valence-electron chi connectivity index (χ0n) is 7.27. The van der Waals surface area contributed by atoms with Gasteiger partial charge in [0.15, 0.2) is 0 Å². The summed E-state index contributed by atoms with van der Waals surface area (Å²) in [6, 6.07) is 0. The second kappa shape index (κ2) is 3.70. The third-order valence-electron chi connectivity index (χ3n) is 1.33. The van der Waals surface area contributed by atoms with Crippen LogP contribution in [0.5, 0.6) is 5.88 Å². The van der Waals surface area contributed by atoms with E-state index in [1.54, 1.807) is 0 Å². The van der Waals surface area contributed by atoms with Crippen molar-refractivity contribution in [3.05, 3.63) is 11.9 Å². The first-order valence-electron chi connectivity index (χ1n) is 3.44. The third kappa shape index (κ3) is 1.84. The predicted octanol–water partition coefficient (Wildman–Crippen LogP) is -0.146. The van der Waals surface area contributed by atoms with E-state index in [4.69, 9.17) is 10.5 Å². The van der Waals surface area contributed by atoms with Gasteiger partial charge >= 0.3 is 5.97 Å². The summed E-state index contributed by atoms with van der Waals surface area (Å²) >= 11 is 0. The van der Waals surface area contributed by atoms with Crippen molar-refractivity contribution in [3.8, 4) is 5.88 Å². The number of carbonyl (C=O) groups is 1. The number of hydrogen-bond donors (Lipinski definition) is 1. The highest BCUT2D eigenvalue weighted by Gasteiger charge is 2.15. The maximum atomic E-state index is 11.1. The number of esters is 1. The number of carbonyl (C=O) groups excluding carboxylic acids is 1. The lowest BCUT2D eigenvalue weighted by Crippen LogP contribution is -2.09. The number of aromatic nitrogens is 2. The minimum absolute atomic E-state index is 0.0231. The van der Waals surface area contributed by atoms with E-state index >= 15 is 0 Å². The molecule has 0 unspecified atom stereocenters. The van der Waals surface area contributed by atoms with Crippen LogP contribution in [0.4, 0.5) is 5.82 Å². The number of nitrogen functional groups attached to an aromatic ring is 1. The molecule has 0 aromatic carbocycles. The highest BCUT2D eigenvalue weighted by atomic mass is 16.5. The van der Waals surface area contributed by atoms with Crippen molar-refractivity contribution in [1.82, 2.24) is 9.97 Å². The Hall–Kier alpha value is -1.85. The van der Waals surface area contributed by atoms with Crippen molar-refractivity contribution in [2.45, 2.75) is 0 Å². The molecular weight excluding hydrogens is 174 g/mol. The zero-order valence-corrected chi connectivity index (χ0v) is 7.27. The van der Waals surface area contributed by atoms with Gasteiger partial charge in [0.2, 0.25) is 11.6 Å². The fraction of sp³-hybridized carbons (Fsp3) is 0.286. The van der Waals surface area contributed by atoms with Crippen LogP contribution in [0.2, 0.25) is 0 Å². The first-order valence-corrected chi connectivity index (χ1v) is 3.44. The minimum Gasteiger partial charge on any atom is -0.479 e. The third-order valence-corrected chi connectivity index (χ3v) is 1.33. The molecule has 6 heteroatoms. The summed E-state index contributed by atoms with van der Waals surface area (Å²) in [5.41, 5.74) is 5.31. The van der Waals surface area contributed by atoms with E-state index in [2.05, 4.69) is 14.7 Å². The molecule has 0 spiro atoms. The summed E-state index contributed by atoms with van der Waals surface area (Å²) in [6.07, 6.45) is 1.30. The number of anilines is 1. The van der Waals surface area contributed by atoms with E-state index in [1.165, 1.54) is 20.4 Å².